The third-order valence-corrected chi connectivity index (χ3v) is 8.39. The molecule has 0 radical (unpaired) electrons. The molecule has 1 heterocycles. The van der Waals surface area contributed by atoms with E-state index in [1.54, 1.807) is 0 Å². The van der Waals surface area contributed by atoms with Gasteiger partial charge in [0.1, 0.15) is 11.5 Å². The van der Waals surface area contributed by atoms with E-state index in [1.165, 1.54) is 50.1 Å². The summed E-state index contributed by atoms with van der Waals surface area (Å²) in [4.78, 5) is 0. The van der Waals surface area contributed by atoms with Gasteiger partial charge in [0.05, 0.1) is 0 Å². The third kappa shape index (κ3) is 2.72. The highest BCUT2D eigenvalue weighted by atomic mass is 16.5. The summed E-state index contributed by atoms with van der Waals surface area (Å²) in [6, 6.07) is 41.6. The molecule has 0 fully saturated rings. The van der Waals surface area contributed by atoms with Crippen LogP contribution in [0.25, 0.3) is 22.3 Å². The van der Waals surface area contributed by atoms with Crippen LogP contribution >= 0.6 is 0 Å². The zero-order chi connectivity index (χ0) is 24.5. The molecule has 1 nitrogen and oxygen atoms in total. The first-order valence-electron chi connectivity index (χ1n) is 12.7. The Morgan fingerprint density at radius 2 is 0.972 bits per heavy atom. The largest absolute Gasteiger partial charge is 0.457 e. The Morgan fingerprint density at radius 3 is 1.75 bits per heavy atom. The lowest BCUT2D eigenvalue weighted by atomic mass is 9.69. The highest BCUT2D eigenvalue weighted by Gasteiger charge is 2.44. The second-order valence-corrected chi connectivity index (χ2v) is 10.7. The molecule has 0 saturated carbocycles. The Labute approximate surface area is 213 Å². The van der Waals surface area contributed by atoms with Gasteiger partial charge in [-0.15, -0.1) is 0 Å². The van der Waals surface area contributed by atoms with Gasteiger partial charge in [-0.3, -0.25) is 0 Å². The first kappa shape index (κ1) is 21.2. The van der Waals surface area contributed by atoms with Crippen molar-refractivity contribution >= 4 is 0 Å². The Kier molecular flexibility index (Phi) is 4.39. The van der Waals surface area contributed by atoms with E-state index in [2.05, 4.69) is 136 Å². The fraction of sp³-hybridized carbons (Fsp3) is 0.143. The molecule has 0 amide bonds. The minimum Gasteiger partial charge on any atom is -0.457 e. The summed E-state index contributed by atoms with van der Waals surface area (Å²) in [6.07, 6.45) is 0. The van der Waals surface area contributed by atoms with Crippen LogP contribution in [0.4, 0.5) is 0 Å². The minimum atomic E-state index is -0.260. The fourth-order valence-electron chi connectivity index (χ4n) is 6.71. The zero-order valence-electron chi connectivity index (χ0n) is 20.9. The lowest BCUT2D eigenvalue weighted by Gasteiger charge is -2.37. The smallest absolute Gasteiger partial charge is 0.132 e. The first-order chi connectivity index (χ1) is 17.5. The fourth-order valence-corrected chi connectivity index (χ4v) is 6.71. The maximum atomic E-state index is 6.49. The van der Waals surface area contributed by atoms with E-state index in [1.807, 2.05) is 0 Å². The predicted octanol–water partition coefficient (Wildman–Crippen LogP) is 9.12. The van der Waals surface area contributed by atoms with Crippen molar-refractivity contribution in [1.82, 2.24) is 0 Å². The van der Waals surface area contributed by atoms with Gasteiger partial charge >= 0.3 is 0 Å². The lowest BCUT2D eigenvalue weighted by Crippen LogP contribution is -2.26. The summed E-state index contributed by atoms with van der Waals surface area (Å²) < 4.78 is 6.49. The lowest BCUT2D eigenvalue weighted by molar-refractivity contribution is 0.419. The van der Waals surface area contributed by atoms with Crippen LogP contribution < -0.4 is 4.74 Å². The van der Waals surface area contributed by atoms with Crippen LogP contribution in [0.1, 0.15) is 48.6 Å². The number of ether oxygens (including phenoxy) is 1. The summed E-state index contributed by atoms with van der Waals surface area (Å²) in [5.41, 5.74) is 11.3. The Bertz CT molecular complexity index is 1640. The Hall–Kier alpha value is -4.10. The van der Waals surface area contributed by atoms with E-state index in [9.17, 15) is 0 Å². The van der Waals surface area contributed by atoms with E-state index in [0.29, 0.717) is 0 Å². The topological polar surface area (TPSA) is 9.23 Å². The van der Waals surface area contributed by atoms with Crippen molar-refractivity contribution in [3.63, 3.8) is 0 Å². The van der Waals surface area contributed by atoms with Crippen LogP contribution in [0.5, 0.6) is 11.5 Å². The highest BCUT2D eigenvalue weighted by molar-refractivity contribution is 5.91. The number of rotatable bonds is 2. The van der Waals surface area contributed by atoms with Gasteiger partial charge in [0, 0.05) is 22.0 Å². The zero-order valence-corrected chi connectivity index (χ0v) is 20.9. The van der Waals surface area contributed by atoms with Crippen LogP contribution in [0.2, 0.25) is 0 Å². The molecule has 174 valence electrons. The molecule has 2 aliphatic rings. The molecular formula is C35H28O. The molecule has 36 heavy (non-hydrogen) atoms. The number of benzene rings is 5. The van der Waals surface area contributed by atoms with Gasteiger partial charge < -0.3 is 4.74 Å². The molecule has 0 saturated heterocycles. The quantitative estimate of drug-likeness (QED) is 0.253. The molecular weight excluding hydrogens is 436 g/mol. The molecule has 5 aromatic rings. The number of hydrogen-bond donors (Lipinski definition) is 0. The van der Waals surface area contributed by atoms with E-state index >= 15 is 0 Å². The van der Waals surface area contributed by atoms with Crippen LogP contribution in [0.15, 0.2) is 115 Å². The average Bonchev–Trinajstić information content (AvgIpc) is 3.19. The first-order valence-corrected chi connectivity index (χ1v) is 12.7. The second kappa shape index (κ2) is 7.45. The van der Waals surface area contributed by atoms with Gasteiger partial charge in [-0.05, 0) is 58.0 Å². The molecule has 0 bridgehead atoms. The molecule has 5 aromatic carbocycles. The molecule has 0 N–H and O–H groups in total. The van der Waals surface area contributed by atoms with Crippen molar-refractivity contribution in [3.05, 3.63) is 143 Å². The SMILES string of the molecule is CC1(C)c2ccccc2Oc2cccc(-c3cccc4c3C(C)(c3ccccc3)c3ccccc3-4)c21. The Balaban J connectivity index is 1.55. The standard InChI is InChI=1S/C35H28O/c1-34(2)29-20-9-10-21-30(29)36-31-22-12-18-27(33(31)34)26-17-11-16-25-24-15-7-8-19-28(24)35(3,32(25)26)23-13-5-4-6-14-23/h4-22H,1-3H3. The summed E-state index contributed by atoms with van der Waals surface area (Å²) in [5.74, 6) is 1.90. The monoisotopic (exact) mass is 464 g/mol. The molecule has 1 unspecified atom stereocenters. The predicted molar refractivity (Wildman–Crippen MR) is 148 cm³/mol. The van der Waals surface area contributed by atoms with Crippen molar-refractivity contribution in [2.24, 2.45) is 0 Å². The molecule has 7 rings (SSSR count). The van der Waals surface area contributed by atoms with Crippen molar-refractivity contribution in [1.29, 1.82) is 0 Å². The maximum Gasteiger partial charge on any atom is 0.132 e. The van der Waals surface area contributed by atoms with Crippen LogP contribution in [0, 0.1) is 0 Å². The van der Waals surface area contributed by atoms with Gasteiger partial charge in [-0.1, -0.05) is 117 Å². The van der Waals surface area contributed by atoms with E-state index in [-0.39, 0.29) is 10.8 Å². The third-order valence-electron chi connectivity index (χ3n) is 8.39. The van der Waals surface area contributed by atoms with Gasteiger partial charge in [-0.25, -0.2) is 0 Å². The van der Waals surface area contributed by atoms with Crippen molar-refractivity contribution < 1.29 is 4.74 Å². The molecule has 1 atom stereocenters. The average molecular weight is 465 g/mol. The van der Waals surface area contributed by atoms with Gasteiger partial charge in [0.15, 0.2) is 0 Å². The second-order valence-electron chi connectivity index (χ2n) is 10.7. The number of fused-ring (bicyclic) bond motifs is 5. The van der Waals surface area contributed by atoms with Gasteiger partial charge in [0.2, 0.25) is 0 Å². The molecule has 1 aliphatic carbocycles. The van der Waals surface area contributed by atoms with Crippen LogP contribution in [0.3, 0.4) is 0 Å². The summed E-state index contributed by atoms with van der Waals surface area (Å²) in [5, 5.41) is 0. The number of hydrogen-bond acceptors (Lipinski definition) is 1. The number of para-hydroxylation sites is 1. The maximum absolute atomic E-state index is 6.49. The summed E-state index contributed by atoms with van der Waals surface area (Å²) in [6.45, 7) is 7.04. The molecule has 1 aliphatic heterocycles. The van der Waals surface area contributed by atoms with Gasteiger partial charge in [-0.2, -0.15) is 0 Å². The summed E-state index contributed by atoms with van der Waals surface area (Å²) in [7, 11) is 0. The van der Waals surface area contributed by atoms with Crippen molar-refractivity contribution in [2.45, 2.75) is 31.6 Å². The molecule has 0 spiro atoms. The normalized spacial score (nSPS) is 18.4. The van der Waals surface area contributed by atoms with E-state index < -0.39 is 0 Å². The van der Waals surface area contributed by atoms with Crippen molar-refractivity contribution in [2.75, 3.05) is 0 Å². The van der Waals surface area contributed by atoms with E-state index in [0.717, 1.165) is 11.5 Å². The minimum absolute atomic E-state index is 0.196. The van der Waals surface area contributed by atoms with Gasteiger partial charge in [0.25, 0.3) is 0 Å². The molecule has 0 aromatic heterocycles. The van der Waals surface area contributed by atoms with Crippen LogP contribution in [-0.4, -0.2) is 0 Å². The van der Waals surface area contributed by atoms with Crippen molar-refractivity contribution in [3.8, 4) is 33.8 Å². The highest BCUT2D eigenvalue weighted by Crippen LogP contribution is 2.58. The molecule has 1 heteroatoms. The van der Waals surface area contributed by atoms with Crippen LogP contribution in [-0.2, 0) is 10.8 Å². The Morgan fingerprint density at radius 1 is 0.444 bits per heavy atom. The summed E-state index contributed by atoms with van der Waals surface area (Å²) >= 11 is 0. The van der Waals surface area contributed by atoms with E-state index in [4.69, 9.17) is 4.74 Å².